The molecule has 0 N–H and O–H groups in total. The van der Waals surface area contributed by atoms with Crippen molar-refractivity contribution in [2.75, 3.05) is 4.90 Å². The first-order chi connectivity index (χ1) is 31.2. The molecule has 294 valence electrons. The van der Waals surface area contributed by atoms with Gasteiger partial charge in [0.15, 0.2) is 0 Å². The highest BCUT2D eigenvalue weighted by Crippen LogP contribution is 2.42. The fourth-order valence-corrected chi connectivity index (χ4v) is 11.2. The zero-order valence-corrected chi connectivity index (χ0v) is 35.1. The lowest BCUT2D eigenvalue weighted by Gasteiger charge is -2.26. The standard InChI is InChI=1S/C60H38N2S/c1-3-14-50-41(10-1)20-21-45-37-49(32-35-51(45)50)61(47-30-24-40(25-31-47)44-27-33-55-56-34-26-42-11-2-4-15-52(42)60(56)63-59(55)38-44)46-28-22-39(23-29-46)43-12-9-13-48(36-43)62-57-18-7-5-16-53(57)54-17-6-8-19-58(54)62/h1-38H. The molecule has 63 heavy (non-hydrogen) atoms. The van der Waals surface area contributed by atoms with Crippen LogP contribution >= 0.6 is 11.3 Å². The van der Waals surface area contributed by atoms with Crippen molar-refractivity contribution in [3.63, 3.8) is 0 Å². The van der Waals surface area contributed by atoms with Crippen molar-refractivity contribution in [1.29, 1.82) is 0 Å². The summed E-state index contributed by atoms with van der Waals surface area (Å²) in [6, 6.07) is 84.7. The Balaban J connectivity index is 0.890. The van der Waals surface area contributed by atoms with Crippen molar-refractivity contribution in [1.82, 2.24) is 4.57 Å². The van der Waals surface area contributed by atoms with Crippen LogP contribution in [0.1, 0.15) is 0 Å². The number of aromatic nitrogens is 1. The molecule has 0 aliphatic rings. The second kappa shape index (κ2) is 14.3. The third kappa shape index (κ3) is 5.85. The predicted octanol–water partition coefficient (Wildman–Crippen LogP) is 17.4. The Morgan fingerprint density at radius 3 is 1.52 bits per heavy atom. The summed E-state index contributed by atoms with van der Waals surface area (Å²) in [6.45, 7) is 0. The van der Waals surface area contributed by atoms with Gasteiger partial charge in [-0.2, -0.15) is 0 Å². The Morgan fingerprint density at radius 1 is 0.302 bits per heavy atom. The van der Waals surface area contributed by atoms with E-state index in [1.54, 1.807) is 0 Å². The number of anilines is 3. The molecule has 13 aromatic rings. The summed E-state index contributed by atoms with van der Waals surface area (Å²) in [7, 11) is 0. The zero-order chi connectivity index (χ0) is 41.4. The van der Waals surface area contributed by atoms with Crippen molar-refractivity contribution >= 4 is 103 Å². The van der Waals surface area contributed by atoms with Gasteiger partial charge in [0.25, 0.3) is 0 Å². The predicted molar refractivity (Wildman–Crippen MR) is 272 cm³/mol. The topological polar surface area (TPSA) is 8.17 Å². The van der Waals surface area contributed by atoms with E-state index in [2.05, 4.69) is 240 Å². The van der Waals surface area contributed by atoms with Gasteiger partial charge in [0.1, 0.15) is 0 Å². The first kappa shape index (κ1) is 35.7. The van der Waals surface area contributed by atoms with Crippen molar-refractivity contribution < 1.29 is 0 Å². The van der Waals surface area contributed by atoms with Gasteiger partial charge in [-0.3, -0.25) is 0 Å². The molecule has 2 aromatic heterocycles. The van der Waals surface area contributed by atoms with Gasteiger partial charge >= 0.3 is 0 Å². The molecule has 0 saturated carbocycles. The van der Waals surface area contributed by atoms with Gasteiger partial charge < -0.3 is 9.47 Å². The molecule has 2 nitrogen and oxygen atoms in total. The highest BCUT2D eigenvalue weighted by atomic mass is 32.1. The maximum atomic E-state index is 2.39. The summed E-state index contributed by atoms with van der Waals surface area (Å²) >= 11 is 1.89. The summed E-state index contributed by atoms with van der Waals surface area (Å²) in [5.41, 5.74) is 11.7. The molecule has 0 fully saturated rings. The van der Waals surface area contributed by atoms with E-state index in [-0.39, 0.29) is 0 Å². The molecule has 0 aliphatic heterocycles. The van der Waals surface area contributed by atoms with Crippen LogP contribution in [0.25, 0.3) is 102 Å². The zero-order valence-electron chi connectivity index (χ0n) is 34.2. The second-order valence-electron chi connectivity index (χ2n) is 16.5. The van der Waals surface area contributed by atoms with E-state index in [0.29, 0.717) is 0 Å². The Bertz CT molecular complexity index is 3860. The molecule has 11 aromatic carbocycles. The SMILES string of the molecule is c1cc(-c2ccc(N(c3ccc(-c4ccc5c(c4)sc4c6ccccc6ccc54)cc3)c3ccc4c(ccc5ccccc54)c3)cc2)cc(-n2c3ccccc3c3ccccc32)c1. The van der Waals surface area contributed by atoms with Gasteiger partial charge in [-0.15, -0.1) is 11.3 Å². The normalized spacial score (nSPS) is 11.8. The third-order valence-electron chi connectivity index (χ3n) is 13.0. The molecule has 0 spiro atoms. The summed E-state index contributed by atoms with van der Waals surface area (Å²) in [6.07, 6.45) is 0. The summed E-state index contributed by atoms with van der Waals surface area (Å²) < 4.78 is 5.06. The molecular weight excluding hydrogens is 781 g/mol. The molecule has 0 radical (unpaired) electrons. The van der Waals surface area contributed by atoms with Gasteiger partial charge in [-0.1, -0.05) is 164 Å². The largest absolute Gasteiger partial charge is 0.310 e. The van der Waals surface area contributed by atoms with Crippen LogP contribution in [0.5, 0.6) is 0 Å². The van der Waals surface area contributed by atoms with Crippen LogP contribution in [0.2, 0.25) is 0 Å². The second-order valence-corrected chi connectivity index (χ2v) is 17.6. The van der Waals surface area contributed by atoms with Crippen molar-refractivity contribution in [3.05, 3.63) is 231 Å². The van der Waals surface area contributed by atoms with E-state index in [4.69, 9.17) is 0 Å². The summed E-state index contributed by atoms with van der Waals surface area (Å²) in [4.78, 5) is 2.39. The first-order valence-electron chi connectivity index (χ1n) is 21.6. The van der Waals surface area contributed by atoms with Crippen LogP contribution in [0.3, 0.4) is 0 Å². The average molecular weight is 819 g/mol. The van der Waals surface area contributed by atoms with E-state index in [1.807, 2.05) is 11.3 Å². The molecule has 13 rings (SSSR count). The van der Waals surface area contributed by atoms with Gasteiger partial charge in [0.2, 0.25) is 0 Å². The minimum absolute atomic E-state index is 1.10. The Hall–Kier alpha value is -7.98. The van der Waals surface area contributed by atoms with Crippen molar-refractivity contribution in [2.45, 2.75) is 0 Å². The Kier molecular flexibility index (Phi) is 8.12. The Morgan fingerprint density at radius 2 is 0.810 bits per heavy atom. The molecule has 0 atom stereocenters. The lowest BCUT2D eigenvalue weighted by atomic mass is 10.00. The van der Waals surface area contributed by atoms with Gasteiger partial charge in [0.05, 0.1) is 11.0 Å². The maximum Gasteiger partial charge on any atom is 0.0541 e. The molecule has 0 unspecified atom stereocenters. The van der Waals surface area contributed by atoms with E-state index < -0.39 is 0 Å². The van der Waals surface area contributed by atoms with Gasteiger partial charge in [-0.25, -0.2) is 0 Å². The number of para-hydroxylation sites is 2. The number of hydrogen-bond acceptors (Lipinski definition) is 2. The highest BCUT2D eigenvalue weighted by Gasteiger charge is 2.17. The first-order valence-corrected chi connectivity index (χ1v) is 22.4. The van der Waals surface area contributed by atoms with Gasteiger partial charge in [-0.05, 0) is 121 Å². The summed E-state index contributed by atoms with van der Waals surface area (Å²) in [5, 5.41) is 12.8. The number of hydrogen-bond donors (Lipinski definition) is 0. The molecule has 0 saturated heterocycles. The third-order valence-corrected chi connectivity index (χ3v) is 14.2. The molecular formula is C60H38N2S. The molecule has 2 heterocycles. The number of fused-ring (bicyclic) bond motifs is 11. The molecule has 0 amide bonds. The van der Waals surface area contributed by atoms with Crippen LogP contribution in [0, 0.1) is 0 Å². The smallest absolute Gasteiger partial charge is 0.0541 e. The fourth-order valence-electron chi connectivity index (χ4n) is 9.90. The van der Waals surface area contributed by atoms with Crippen molar-refractivity contribution in [3.8, 4) is 27.9 Å². The maximum absolute atomic E-state index is 2.39. The quantitative estimate of drug-likeness (QED) is 0.152. The fraction of sp³-hybridized carbons (Fsp3) is 0. The number of thiophene rings is 1. The van der Waals surface area contributed by atoms with Crippen LogP contribution in [0.4, 0.5) is 17.1 Å². The molecule has 3 heteroatoms. The van der Waals surface area contributed by atoms with Gasteiger partial charge in [0, 0.05) is 53.7 Å². The van der Waals surface area contributed by atoms with E-state index in [9.17, 15) is 0 Å². The lowest BCUT2D eigenvalue weighted by Crippen LogP contribution is -2.09. The molecule has 0 aliphatic carbocycles. The average Bonchev–Trinajstić information content (AvgIpc) is 3.90. The van der Waals surface area contributed by atoms with E-state index in [1.165, 1.54) is 96.5 Å². The van der Waals surface area contributed by atoms with E-state index in [0.717, 1.165) is 22.7 Å². The molecule has 0 bridgehead atoms. The lowest BCUT2D eigenvalue weighted by molar-refractivity contribution is 1.18. The number of benzene rings is 11. The number of nitrogens with zero attached hydrogens (tertiary/aromatic N) is 2. The van der Waals surface area contributed by atoms with Crippen molar-refractivity contribution in [2.24, 2.45) is 0 Å². The highest BCUT2D eigenvalue weighted by molar-refractivity contribution is 7.26. The van der Waals surface area contributed by atoms with Crippen LogP contribution in [-0.4, -0.2) is 4.57 Å². The van der Waals surface area contributed by atoms with Crippen LogP contribution in [0.15, 0.2) is 231 Å². The minimum Gasteiger partial charge on any atom is -0.310 e. The van der Waals surface area contributed by atoms with Crippen LogP contribution in [-0.2, 0) is 0 Å². The van der Waals surface area contributed by atoms with Crippen LogP contribution < -0.4 is 4.90 Å². The number of rotatable bonds is 6. The monoisotopic (exact) mass is 818 g/mol. The Labute approximate surface area is 368 Å². The summed E-state index contributed by atoms with van der Waals surface area (Å²) in [5.74, 6) is 0. The minimum atomic E-state index is 1.10. The van der Waals surface area contributed by atoms with E-state index >= 15 is 0 Å².